The van der Waals surface area contributed by atoms with Crippen molar-refractivity contribution >= 4 is 46.5 Å². The number of halogens is 2. The van der Waals surface area contributed by atoms with Crippen LogP contribution in [0.5, 0.6) is 5.75 Å². The molecule has 0 atom stereocenters. The minimum Gasteiger partial charge on any atom is -0.494 e. The van der Waals surface area contributed by atoms with Gasteiger partial charge in [0.15, 0.2) is 6.73 Å². The predicted octanol–water partition coefficient (Wildman–Crippen LogP) is 9.95. The van der Waals surface area contributed by atoms with Gasteiger partial charge in [0.2, 0.25) is 5.91 Å². The first-order valence-corrected chi connectivity index (χ1v) is 19.3. The molecule has 4 rings (SSSR count). The lowest BCUT2D eigenvalue weighted by Gasteiger charge is -2.36. The van der Waals surface area contributed by atoms with Crippen LogP contribution in [0.15, 0.2) is 36.4 Å². The molecule has 0 N–H and O–H groups in total. The molecule has 1 amide bonds. The van der Waals surface area contributed by atoms with Gasteiger partial charge in [0, 0.05) is 38.7 Å². The van der Waals surface area contributed by atoms with Gasteiger partial charge in [-0.05, 0) is 73.2 Å². The number of unbranched alkanes of at least 4 members (excludes halogenated alkanes) is 5. The molecular weight excluding hydrogens is 657 g/mol. The first-order chi connectivity index (χ1) is 23.4. The maximum atomic E-state index is 13.0. The molecule has 0 radical (unpaired) electrons. The average molecular weight is 717 g/mol. The molecule has 0 aromatic heterocycles. The summed E-state index contributed by atoms with van der Waals surface area (Å²) < 4.78 is 11.9. The molecule has 1 saturated heterocycles. The van der Waals surface area contributed by atoms with Gasteiger partial charge in [-0.1, -0.05) is 102 Å². The van der Waals surface area contributed by atoms with Gasteiger partial charge in [0.05, 0.1) is 34.4 Å². The summed E-state index contributed by atoms with van der Waals surface area (Å²) in [7, 11) is 0. The van der Waals surface area contributed by atoms with Crippen molar-refractivity contribution in [2.45, 2.75) is 112 Å². The number of aryl methyl sites for hydroxylation is 1. The summed E-state index contributed by atoms with van der Waals surface area (Å²) in [6.45, 7) is 16.5. The summed E-state index contributed by atoms with van der Waals surface area (Å²) in [5.41, 5.74) is 2.84. The summed E-state index contributed by atoms with van der Waals surface area (Å²) in [4.78, 5) is 32.4. The molecule has 2 aliphatic rings. The minimum atomic E-state index is -0.259. The van der Waals surface area contributed by atoms with E-state index in [2.05, 4.69) is 44.4 Å². The van der Waals surface area contributed by atoms with E-state index in [-0.39, 0.29) is 29.4 Å². The van der Waals surface area contributed by atoms with Crippen LogP contribution in [-0.4, -0.2) is 62.8 Å². The zero-order chi connectivity index (χ0) is 35.4. The molecule has 2 aromatic carbocycles. The van der Waals surface area contributed by atoms with E-state index in [1.54, 1.807) is 4.90 Å². The quantitative estimate of drug-likeness (QED) is 0.107. The molecule has 0 bridgehead atoms. The SMILES string of the molecule is CCCCCCCC(C)(C)CC(C)(C)CC(=O)OCN1C(=O)CCc2ccc(OCCCCN3CCN(c4cccc(Cl)c4Cl)CC3)cc21. The van der Waals surface area contributed by atoms with E-state index >= 15 is 0 Å². The Morgan fingerprint density at radius 1 is 0.857 bits per heavy atom. The number of carbonyl (C=O) groups excluding carboxylic acids is 2. The molecule has 9 heteroatoms. The number of hydrogen-bond acceptors (Lipinski definition) is 6. The van der Waals surface area contributed by atoms with Crippen molar-refractivity contribution in [3.8, 4) is 5.75 Å². The Morgan fingerprint density at radius 2 is 1.61 bits per heavy atom. The van der Waals surface area contributed by atoms with Gasteiger partial charge in [-0.15, -0.1) is 0 Å². The molecule has 2 heterocycles. The molecule has 0 unspecified atom stereocenters. The molecule has 2 aliphatic heterocycles. The van der Waals surface area contributed by atoms with Gasteiger partial charge in [-0.25, -0.2) is 0 Å². The summed E-state index contributed by atoms with van der Waals surface area (Å²) >= 11 is 12.7. The Labute approximate surface area is 305 Å². The molecule has 1 fully saturated rings. The van der Waals surface area contributed by atoms with Gasteiger partial charge >= 0.3 is 5.97 Å². The fourth-order valence-corrected chi connectivity index (χ4v) is 7.97. The highest BCUT2D eigenvalue weighted by molar-refractivity contribution is 6.43. The molecule has 0 aliphatic carbocycles. The number of anilines is 2. The zero-order valence-electron chi connectivity index (χ0n) is 30.6. The second-order valence-corrected chi connectivity index (χ2v) is 16.3. The Morgan fingerprint density at radius 3 is 2.37 bits per heavy atom. The highest BCUT2D eigenvalue weighted by atomic mass is 35.5. The molecule has 0 spiro atoms. The third kappa shape index (κ3) is 12.4. The normalized spacial score (nSPS) is 15.8. The zero-order valence-corrected chi connectivity index (χ0v) is 32.1. The van der Waals surface area contributed by atoms with E-state index < -0.39 is 0 Å². The Kier molecular flexibility index (Phi) is 15.0. The van der Waals surface area contributed by atoms with Crippen molar-refractivity contribution < 1.29 is 19.1 Å². The average Bonchev–Trinajstić information content (AvgIpc) is 3.05. The number of amides is 1. The number of nitrogens with zero attached hydrogens (tertiary/aromatic N) is 3. The Hall–Kier alpha value is -2.48. The van der Waals surface area contributed by atoms with Gasteiger partial charge in [-0.3, -0.25) is 19.4 Å². The van der Waals surface area contributed by atoms with Crippen molar-refractivity contribution in [2.75, 3.05) is 55.9 Å². The third-order valence-electron chi connectivity index (χ3n) is 9.93. The lowest BCUT2D eigenvalue weighted by atomic mass is 9.71. The fourth-order valence-electron chi connectivity index (χ4n) is 7.56. The minimum absolute atomic E-state index is 0.0290. The van der Waals surface area contributed by atoms with E-state index in [1.807, 2.05) is 36.4 Å². The van der Waals surface area contributed by atoms with Crippen LogP contribution in [0.25, 0.3) is 0 Å². The largest absolute Gasteiger partial charge is 0.494 e. The smallest absolute Gasteiger partial charge is 0.308 e. The van der Waals surface area contributed by atoms with Crippen LogP contribution in [0.1, 0.15) is 111 Å². The first-order valence-electron chi connectivity index (χ1n) is 18.5. The fraction of sp³-hybridized carbons (Fsp3) is 0.650. The van der Waals surface area contributed by atoms with Gasteiger partial charge in [0.25, 0.3) is 0 Å². The Balaban J connectivity index is 1.19. The molecule has 2 aromatic rings. The van der Waals surface area contributed by atoms with E-state index in [4.69, 9.17) is 32.7 Å². The summed E-state index contributed by atoms with van der Waals surface area (Å²) in [6.07, 6.45) is 11.9. The summed E-state index contributed by atoms with van der Waals surface area (Å²) in [5.74, 6) is 0.444. The van der Waals surface area contributed by atoms with Crippen LogP contribution >= 0.6 is 23.2 Å². The number of piperazine rings is 1. The number of esters is 1. The van der Waals surface area contributed by atoms with Gasteiger partial charge in [-0.2, -0.15) is 0 Å². The maximum Gasteiger partial charge on any atom is 0.308 e. The number of rotatable bonds is 19. The van der Waals surface area contributed by atoms with Crippen LogP contribution in [0.3, 0.4) is 0 Å². The van der Waals surface area contributed by atoms with E-state index in [0.29, 0.717) is 35.9 Å². The second kappa shape index (κ2) is 18.7. The van der Waals surface area contributed by atoms with Gasteiger partial charge < -0.3 is 14.4 Å². The third-order valence-corrected chi connectivity index (χ3v) is 10.7. The van der Waals surface area contributed by atoms with Crippen LogP contribution in [-0.2, 0) is 20.7 Å². The predicted molar refractivity (Wildman–Crippen MR) is 203 cm³/mol. The lowest BCUT2D eigenvalue weighted by Crippen LogP contribution is -2.46. The summed E-state index contributed by atoms with van der Waals surface area (Å²) in [5, 5.41) is 1.22. The maximum absolute atomic E-state index is 13.0. The topological polar surface area (TPSA) is 62.3 Å². The standard InChI is InChI=1S/C40H59Cl2N3O4/c1-6-7-8-9-10-20-39(2,3)29-40(4,5)28-37(47)49-30-45-35-27-32(18-16-31(35)17-19-36(45)46)48-26-12-11-21-43-22-24-44(25-23-43)34-15-13-14-33(41)38(34)42/h13-16,18,27H,6-12,17,19-26,28-30H2,1-5H3. The molecule has 0 saturated carbocycles. The van der Waals surface area contributed by atoms with E-state index in [1.165, 1.54) is 32.1 Å². The van der Waals surface area contributed by atoms with Crippen molar-refractivity contribution in [3.05, 3.63) is 52.0 Å². The Bertz CT molecular complexity index is 1370. The second-order valence-electron chi connectivity index (χ2n) is 15.6. The van der Waals surface area contributed by atoms with Crippen LogP contribution in [0.4, 0.5) is 11.4 Å². The first kappa shape index (κ1) is 39.3. The highest BCUT2D eigenvalue weighted by Gasteiger charge is 2.32. The molecule has 7 nitrogen and oxygen atoms in total. The number of benzene rings is 2. The molecule has 49 heavy (non-hydrogen) atoms. The number of carbonyl (C=O) groups is 2. The number of hydrogen-bond donors (Lipinski definition) is 0. The van der Waals surface area contributed by atoms with E-state index in [9.17, 15) is 9.59 Å². The lowest BCUT2D eigenvalue weighted by molar-refractivity contribution is -0.146. The molecular formula is C40H59Cl2N3O4. The van der Waals surface area contributed by atoms with Crippen molar-refractivity contribution in [2.24, 2.45) is 10.8 Å². The van der Waals surface area contributed by atoms with Crippen LogP contribution in [0, 0.1) is 10.8 Å². The van der Waals surface area contributed by atoms with Crippen LogP contribution in [0.2, 0.25) is 10.0 Å². The van der Waals surface area contributed by atoms with Crippen molar-refractivity contribution in [1.82, 2.24) is 4.90 Å². The monoisotopic (exact) mass is 715 g/mol. The molecule has 272 valence electrons. The van der Waals surface area contributed by atoms with Crippen molar-refractivity contribution in [1.29, 1.82) is 0 Å². The highest BCUT2D eigenvalue weighted by Crippen LogP contribution is 2.40. The summed E-state index contributed by atoms with van der Waals surface area (Å²) in [6, 6.07) is 11.7. The van der Waals surface area contributed by atoms with Crippen LogP contribution < -0.4 is 14.5 Å². The van der Waals surface area contributed by atoms with Crippen molar-refractivity contribution in [3.63, 3.8) is 0 Å². The van der Waals surface area contributed by atoms with Gasteiger partial charge in [0.1, 0.15) is 5.75 Å². The van der Waals surface area contributed by atoms with E-state index in [0.717, 1.165) is 81.1 Å². The number of ether oxygens (including phenoxy) is 2. The number of fused-ring (bicyclic) bond motifs is 1.